The van der Waals surface area contributed by atoms with Crippen molar-refractivity contribution in [3.63, 3.8) is 0 Å². The van der Waals surface area contributed by atoms with Crippen LogP contribution in [-0.2, 0) is 11.2 Å². The molecule has 19 heavy (non-hydrogen) atoms. The maximum absolute atomic E-state index is 11.5. The molecule has 0 unspecified atom stereocenters. The molecule has 0 saturated carbocycles. The average Bonchev–Trinajstić information content (AvgIpc) is 2.45. The quantitative estimate of drug-likeness (QED) is 0.884. The van der Waals surface area contributed by atoms with Crippen LogP contribution in [0.15, 0.2) is 12.1 Å². The van der Waals surface area contributed by atoms with E-state index in [1.165, 1.54) is 11.1 Å². The SMILES string of the molecule is COc1ccc2c(c1OC)CC[C@H]1CC(=O)NC[C@H]21. The summed E-state index contributed by atoms with van der Waals surface area (Å²) >= 11 is 0. The highest BCUT2D eigenvalue weighted by atomic mass is 16.5. The number of methoxy groups -OCH3 is 2. The number of rotatable bonds is 2. The van der Waals surface area contributed by atoms with Gasteiger partial charge in [-0.2, -0.15) is 0 Å². The largest absolute Gasteiger partial charge is 0.493 e. The molecule has 1 aromatic carbocycles. The van der Waals surface area contributed by atoms with Crippen molar-refractivity contribution in [1.82, 2.24) is 5.32 Å². The van der Waals surface area contributed by atoms with Gasteiger partial charge in [0, 0.05) is 24.4 Å². The third-order valence-corrected chi connectivity index (χ3v) is 4.39. The van der Waals surface area contributed by atoms with Gasteiger partial charge in [0.05, 0.1) is 14.2 Å². The van der Waals surface area contributed by atoms with Crippen molar-refractivity contribution in [3.8, 4) is 11.5 Å². The molecule has 1 heterocycles. The molecule has 0 radical (unpaired) electrons. The molecule has 1 aromatic rings. The topological polar surface area (TPSA) is 47.6 Å². The predicted octanol–water partition coefficient (Wildman–Crippen LogP) is 1.87. The lowest BCUT2D eigenvalue weighted by Gasteiger charge is -2.37. The Kier molecular flexibility index (Phi) is 3.09. The van der Waals surface area contributed by atoms with Crippen LogP contribution in [0.3, 0.4) is 0 Å². The Morgan fingerprint density at radius 1 is 1.26 bits per heavy atom. The first kappa shape index (κ1) is 12.3. The maximum atomic E-state index is 11.5. The van der Waals surface area contributed by atoms with E-state index in [0.29, 0.717) is 18.3 Å². The summed E-state index contributed by atoms with van der Waals surface area (Å²) in [6.45, 7) is 0.742. The number of benzene rings is 1. The first-order valence-corrected chi connectivity index (χ1v) is 6.75. The van der Waals surface area contributed by atoms with Crippen LogP contribution in [-0.4, -0.2) is 26.7 Å². The van der Waals surface area contributed by atoms with Crippen molar-refractivity contribution in [2.24, 2.45) is 5.92 Å². The monoisotopic (exact) mass is 261 g/mol. The molecule has 1 fully saturated rings. The van der Waals surface area contributed by atoms with E-state index in [1.54, 1.807) is 14.2 Å². The molecule has 102 valence electrons. The van der Waals surface area contributed by atoms with E-state index in [9.17, 15) is 4.79 Å². The predicted molar refractivity (Wildman–Crippen MR) is 71.7 cm³/mol. The third kappa shape index (κ3) is 1.95. The second-order valence-electron chi connectivity index (χ2n) is 5.28. The van der Waals surface area contributed by atoms with Crippen molar-refractivity contribution < 1.29 is 14.3 Å². The summed E-state index contributed by atoms with van der Waals surface area (Å²) in [5.74, 6) is 2.72. The van der Waals surface area contributed by atoms with Gasteiger partial charge in [-0.3, -0.25) is 4.79 Å². The van der Waals surface area contributed by atoms with Gasteiger partial charge < -0.3 is 14.8 Å². The summed E-state index contributed by atoms with van der Waals surface area (Å²) in [6, 6.07) is 4.10. The third-order valence-electron chi connectivity index (χ3n) is 4.39. The van der Waals surface area contributed by atoms with Crippen molar-refractivity contribution >= 4 is 5.91 Å². The second-order valence-corrected chi connectivity index (χ2v) is 5.28. The van der Waals surface area contributed by atoms with E-state index in [4.69, 9.17) is 9.47 Å². The lowest BCUT2D eigenvalue weighted by molar-refractivity contribution is -0.124. The molecule has 2 aliphatic rings. The smallest absolute Gasteiger partial charge is 0.220 e. The van der Waals surface area contributed by atoms with Gasteiger partial charge >= 0.3 is 0 Å². The first-order chi connectivity index (χ1) is 9.24. The molecule has 2 atom stereocenters. The molecule has 4 heteroatoms. The van der Waals surface area contributed by atoms with Gasteiger partial charge in [-0.25, -0.2) is 0 Å². The van der Waals surface area contributed by atoms with Gasteiger partial charge in [0.1, 0.15) is 0 Å². The number of hydrogen-bond donors (Lipinski definition) is 1. The zero-order valence-electron chi connectivity index (χ0n) is 11.4. The molecule has 1 aliphatic heterocycles. The number of amides is 1. The van der Waals surface area contributed by atoms with Crippen LogP contribution < -0.4 is 14.8 Å². The van der Waals surface area contributed by atoms with Crippen molar-refractivity contribution in [3.05, 3.63) is 23.3 Å². The normalized spacial score (nSPS) is 25.1. The molecule has 1 saturated heterocycles. The summed E-state index contributed by atoms with van der Waals surface area (Å²) in [5, 5.41) is 2.98. The van der Waals surface area contributed by atoms with E-state index in [0.717, 1.165) is 30.9 Å². The summed E-state index contributed by atoms with van der Waals surface area (Å²) in [5.41, 5.74) is 2.56. The minimum atomic E-state index is 0.185. The molecule has 1 N–H and O–H groups in total. The Labute approximate surface area is 113 Å². The highest BCUT2D eigenvalue weighted by molar-refractivity contribution is 5.77. The van der Waals surface area contributed by atoms with E-state index in [2.05, 4.69) is 11.4 Å². The second kappa shape index (κ2) is 4.76. The van der Waals surface area contributed by atoms with Crippen LogP contribution in [0.25, 0.3) is 0 Å². The van der Waals surface area contributed by atoms with E-state index in [1.807, 2.05) is 6.07 Å². The molecule has 0 spiro atoms. The van der Waals surface area contributed by atoms with Crippen LogP contribution in [0.2, 0.25) is 0 Å². The number of carbonyl (C=O) groups excluding carboxylic acids is 1. The van der Waals surface area contributed by atoms with Gasteiger partial charge in [-0.05, 0) is 30.4 Å². The minimum absolute atomic E-state index is 0.185. The van der Waals surface area contributed by atoms with Crippen molar-refractivity contribution in [1.29, 1.82) is 0 Å². The van der Waals surface area contributed by atoms with Crippen LogP contribution in [0.5, 0.6) is 11.5 Å². The highest BCUT2D eigenvalue weighted by Gasteiger charge is 2.36. The minimum Gasteiger partial charge on any atom is -0.493 e. The van der Waals surface area contributed by atoms with Gasteiger partial charge in [0.25, 0.3) is 0 Å². The lowest BCUT2D eigenvalue weighted by atomic mass is 9.71. The van der Waals surface area contributed by atoms with Crippen LogP contribution in [0.1, 0.15) is 29.9 Å². The molecular formula is C15H19NO3. The van der Waals surface area contributed by atoms with Crippen molar-refractivity contribution in [2.75, 3.05) is 20.8 Å². The molecule has 4 nitrogen and oxygen atoms in total. The average molecular weight is 261 g/mol. The number of piperidine rings is 1. The van der Waals surface area contributed by atoms with Gasteiger partial charge in [0.15, 0.2) is 11.5 Å². The molecule has 3 rings (SSSR count). The van der Waals surface area contributed by atoms with E-state index >= 15 is 0 Å². The zero-order chi connectivity index (χ0) is 13.4. The maximum Gasteiger partial charge on any atom is 0.220 e. The standard InChI is InChI=1S/C15H19NO3/c1-18-13-6-5-10-11(15(13)19-2)4-3-9-7-14(17)16-8-12(9)10/h5-6,9,12H,3-4,7-8H2,1-2H3,(H,16,17)/t9-,12-/m0/s1. The molecule has 0 bridgehead atoms. The fourth-order valence-electron chi connectivity index (χ4n) is 3.45. The fraction of sp³-hybridized carbons (Fsp3) is 0.533. The summed E-state index contributed by atoms with van der Waals surface area (Å²) < 4.78 is 10.9. The number of hydrogen-bond acceptors (Lipinski definition) is 3. The molecule has 1 amide bonds. The van der Waals surface area contributed by atoms with E-state index < -0.39 is 0 Å². The Morgan fingerprint density at radius 2 is 2.11 bits per heavy atom. The Hall–Kier alpha value is -1.71. The zero-order valence-corrected chi connectivity index (χ0v) is 11.4. The van der Waals surface area contributed by atoms with Gasteiger partial charge in [0.2, 0.25) is 5.91 Å². The summed E-state index contributed by atoms with van der Waals surface area (Å²) in [6.07, 6.45) is 2.66. The molecular weight excluding hydrogens is 242 g/mol. The highest BCUT2D eigenvalue weighted by Crippen LogP contribution is 2.45. The lowest BCUT2D eigenvalue weighted by Crippen LogP contribution is -2.41. The summed E-state index contributed by atoms with van der Waals surface area (Å²) in [7, 11) is 3.35. The Bertz CT molecular complexity index is 512. The molecule has 1 aliphatic carbocycles. The van der Waals surface area contributed by atoms with Gasteiger partial charge in [-0.15, -0.1) is 0 Å². The number of fused-ring (bicyclic) bond motifs is 3. The summed E-state index contributed by atoms with van der Waals surface area (Å²) in [4.78, 5) is 11.5. The van der Waals surface area contributed by atoms with Gasteiger partial charge in [-0.1, -0.05) is 6.07 Å². The number of ether oxygens (including phenoxy) is 2. The molecule has 0 aromatic heterocycles. The first-order valence-electron chi connectivity index (χ1n) is 6.75. The van der Waals surface area contributed by atoms with Crippen molar-refractivity contribution in [2.45, 2.75) is 25.2 Å². The van der Waals surface area contributed by atoms with Crippen LogP contribution in [0, 0.1) is 5.92 Å². The number of nitrogens with one attached hydrogen (secondary N) is 1. The fourth-order valence-corrected chi connectivity index (χ4v) is 3.45. The van der Waals surface area contributed by atoms with Crippen LogP contribution in [0.4, 0.5) is 0 Å². The Morgan fingerprint density at radius 3 is 2.84 bits per heavy atom. The van der Waals surface area contributed by atoms with Crippen LogP contribution >= 0.6 is 0 Å². The number of carbonyl (C=O) groups is 1. The van der Waals surface area contributed by atoms with E-state index in [-0.39, 0.29) is 5.91 Å². The Balaban J connectivity index is 2.02.